The van der Waals surface area contributed by atoms with Crippen LogP contribution in [-0.2, 0) is 19.1 Å². The molecule has 0 aromatic carbocycles. The third-order valence-corrected chi connectivity index (χ3v) is 4.17. The topological polar surface area (TPSA) is 94.8 Å². The van der Waals surface area contributed by atoms with Gasteiger partial charge in [-0.2, -0.15) is 4.98 Å². The lowest BCUT2D eigenvalue weighted by atomic mass is 10.0. The Morgan fingerprint density at radius 1 is 1.52 bits per heavy atom. The molecule has 0 unspecified atom stereocenters. The minimum absolute atomic E-state index is 0.0943. The molecule has 3 heterocycles. The van der Waals surface area contributed by atoms with E-state index in [2.05, 4.69) is 36.1 Å². The summed E-state index contributed by atoms with van der Waals surface area (Å²) in [5.41, 5.74) is 0.600. The highest BCUT2D eigenvalue weighted by atomic mass is 79.9. The largest absolute Gasteiger partial charge is 0.467 e. The number of halogens is 1. The van der Waals surface area contributed by atoms with Gasteiger partial charge in [-0.3, -0.25) is 10.1 Å². The van der Waals surface area contributed by atoms with Gasteiger partial charge in [0.2, 0.25) is 5.95 Å². The Bertz CT molecular complexity index is 762. The van der Waals surface area contributed by atoms with Gasteiger partial charge < -0.3 is 9.47 Å². The molecule has 0 bridgehead atoms. The van der Waals surface area contributed by atoms with Crippen molar-refractivity contribution in [3.05, 3.63) is 22.8 Å². The summed E-state index contributed by atoms with van der Waals surface area (Å²) in [7, 11) is 1.30. The number of anilines is 1. The van der Waals surface area contributed by atoms with Crippen LogP contribution in [0.15, 0.2) is 22.8 Å². The minimum atomic E-state index is -0.729. The second-order valence-corrected chi connectivity index (χ2v) is 6.27. The quantitative estimate of drug-likeness (QED) is 0.806. The molecule has 9 heteroatoms. The summed E-state index contributed by atoms with van der Waals surface area (Å²) in [6, 6.07) is 3.60. The first-order valence-corrected chi connectivity index (χ1v) is 7.83. The molecule has 0 spiro atoms. The SMILES string of the molecule is COC(=O)[C@@H]1O[C@@H](C(=O)Nc2nc3cc(Br)ccn3n2)C[C@H]1C. The molecule has 23 heavy (non-hydrogen) atoms. The van der Waals surface area contributed by atoms with Crippen molar-refractivity contribution in [3.63, 3.8) is 0 Å². The Kier molecular flexibility index (Phi) is 4.31. The molecule has 1 aliphatic heterocycles. The van der Waals surface area contributed by atoms with Crippen molar-refractivity contribution in [2.24, 2.45) is 5.92 Å². The standard InChI is InChI=1S/C14H15BrN4O4/c1-7-5-9(23-11(7)13(21)22-2)12(20)17-14-16-10-6-8(15)3-4-19(10)18-14/h3-4,6-7,9,11H,5H2,1-2H3,(H,17,18,20)/t7-,9-,11-/m1/s1. The summed E-state index contributed by atoms with van der Waals surface area (Å²) in [6.45, 7) is 1.84. The number of hydrogen-bond donors (Lipinski definition) is 1. The van der Waals surface area contributed by atoms with Gasteiger partial charge in [0.25, 0.3) is 5.91 Å². The Morgan fingerprint density at radius 3 is 3.04 bits per heavy atom. The predicted molar refractivity (Wildman–Crippen MR) is 83.8 cm³/mol. The van der Waals surface area contributed by atoms with Crippen molar-refractivity contribution in [3.8, 4) is 0 Å². The van der Waals surface area contributed by atoms with Gasteiger partial charge in [-0.1, -0.05) is 22.9 Å². The maximum absolute atomic E-state index is 12.3. The van der Waals surface area contributed by atoms with Crippen LogP contribution in [0, 0.1) is 5.92 Å². The molecule has 0 aliphatic carbocycles. The normalized spacial score (nSPS) is 23.9. The van der Waals surface area contributed by atoms with Crippen molar-refractivity contribution >= 4 is 39.4 Å². The number of esters is 1. The summed E-state index contributed by atoms with van der Waals surface area (Å²) in [5, 5.41) is 6.78. The lowest BCUT2D eigenvalue weighted by Crippen LogP contribution is -2.31. The molecule has 2 aromatic heterocycles. The fourth-order valence-electron chi connectivity index (χ4n) is 2.50. The van der Waals surface area contributed by atoms with Gasteiger partial charge in [-0.05, 0) is 24.5 Å². The van der Waals surface area contributed by atoms with Crippen molar-refractivity contribution in [2.75, 3.05) is 12.4 Å². The van der Waals surface area contributed by atoms with Crippen molar-refractivity contribution in [1.82, 2.24) is 14.6 Å². The monoisotopic (exact) mass is 382 g/mol. The smallest absolute Gasteiger partial charge is 0.335 e. The third kappa shape index (κ3) is 3.20. The number of hydrogen-bond acceptors (Lipinski definition) is 6. The first kappa shape index (κ1) is 15.9. The average Bonchev–Trinajstić information content (AvgIpc) is 3.09. The van der Waals surface area contributed by atoms with Crippen LogP contribution in [0.3, 0.4) is 0 Å². The van der Waals surface area contributed by atoms with Gasteiger partial charge in [0.15, 0.2) is 11.8 Å². The number of amides is 1. The molecule has 0 radical (unpaired) electrons. The van der Waals surface area contributed by atoms with Gasteiger partial charge >= 0.3 is 5.97 Å². The van der Waals surface area contributed by atoms with Crippen LogP contribution in [0.5, 0.6) is 0 Å². The summed E-state index contributed by atoms with van der Waals surface area (Å²) < 4.78 is 12.6. The Hall–Kier alpha value is -2.00. The second-order valence-electron chi connectivity index (χ2n) is 5.35. The molecule has 1 N–H and O–H groups in total. The number of nitrogens with zero attached hydrogens (tertiary/aromatic N) is 3. The number of pyridine rings is 1. The number of carbonyl (C=O) groups excluding carboxylic acids is 2. The van der Waals surface area contributed by atoms with Crippen LogP contribution >= 0.6 is 15.9 Å². The molecule has 1 saturated heterocycles. The van der Waals surface area contributed by atoms with Crippen LogP contribution in [0.4, 0.5) is 5.95 Å². The van der Waals surface area contributed by atoms with Crippen LogP contribution < -0.4 is 5.32 Å². The van der Waals surface area contributed by atoms with Gasteiger partial charge in [-0.15, -0.1) is 5.10 Å². The zero-order chi connectivity index (χ0) is 16.6. The number of carbonyl (C=O) groups is 2. The van der Waals surface area contributed by atoms with Crippen LogP contribution in [0.2, 0.25) is 0 Å². The lowest BCUT2D eigenvalue weighted by molar-refractivity contribution is -0.155. The van der Waals surface area contributed by atoms with E-state index >= 15 is 0 Å². The van der Waals surface area contributed by atoms with Crippen molar-refractivity contribution in [1.29, 1.82) is 0 Å². The molecule has 1 aliphatic rings. The van der Waals surface area contributed by atoms with Crippen LogP contribution in [0.1, 0.15) is 13.3 Å². The maximum atomic E-state index is 12.3. The Labute approximate surface area is 140 Å². The maximum Gasteiger partial charge on any atom is 0.335 e. The van der Waals surface area contributed by atoms with E-state index in [1.54, 1.807) is 16.8 Å². The van der Waals surface area contributed by atoms with Gasteiger partial charge in [0.1, 0.15) is 6.10 Å². The highest BCUT2D eigenvalue weighted by Gasteiger charge is 2.41. The number of rotatable bonds is 3. The number of ether oxygens (including phenoxy) is 2. The zero-order valence-corrected chi connectivity index (χ0v) is 14.1. The van der Waals surface area contributed by atoms with E-state index in [0.29, 0.717) is 12.1 Å². The first-order valence-electron chi connectivity index (χ1n) is 7.04. The second kappa shape index (κ2) is 6.25. The molecule has 1 fully saturated rings. The highest BCUT2D eigenvalue weighted by Crippen LogP contribution is 2.27. The van der Waals surface area contributed by atoms with E-state index in [0.717, 1.165) is 4.47 Å². The number of nitrogens with one attached hydrogen (secondary N) is 1. The van der Waals surface area contributed by atoms with E-state index in [1.807, 2.05) is 13.0 Å². The predicted octanol–water partition coefficient (Wildman–Crippen LogP) is 1.40. The molecule has 8 nitrogen and oxygen atoms in total. The summed E-state index contributed by atoms with van der Waals surface area (Å²) in [6.07, 6.45) is 0.710. The fourth-order valence-corrected chi connectivity index (χ4v) is 2.82. The van der Waals surface area contributed by atoms with Crippen LogP contribution in [-0.4, -0.2) is 45.8 Å². The van der Waals surface area contributed by atoms with Crippen LogP contribution in [0.25, 0.3) is 5.65 Å². The Balaban J connectivity index is 1.70. The van der Waals surface area contributed by atoms with Crippen molar-refractivity contribution < 1.29 is 19.1 Å². The lowest BCUT2D eigenvalue weighted by Gasteiger charge is -2.12. The molecule has 2 aromatic rings. The molecular formula is C14H15BrN4O4. The first-order chi connectivity index (χ1) is 11.0. The molecule has 3 atom stereocenters. The molecule has 0 saturated carbocycles. The number of fused-ring (bicyclic) bond motifs is 1. The Morgan fingerprint density at radius 2 is 2.30 bits per heavy atom. The molecule has 3 rings (SSSR count). The average molecular weight is 383 g/mol. The summed E-state index contributed by atoms with van der Waals surface area (Å²) in [5.74, 6) is -0.754. The van der Waals surface area contributed by atoms with Gasteiger partial charge in [0.05, 0.1) is 7.11 Å². The number of methoxy groups -OCH3 is 1. The molecular weight excluding hydrogens is 368 g/mol. The van der Waals surface area contributed by atoms with E-state index in [-0.39, 0.29) is 17.8 Å². The fraction of sp³-hybridized carbons (Fsp3) is 0.429. The molecule has 122 valence electrons. The van der Waals surface area contributed by atoms with E-state index < -0.39 is 18.2 Å². The number of aromatic nitrogens is 3. The summed E-state index contributed by atoms with van der Waals surface area (Å²) in [4.78, 5) is 28.1. The van der Waals surface area contributed by atoms with E-state index in [1.165, 1.54) is 7.11 Å². The van der Waals surface area contributed by atoms with E-state index in [9.17, 15) is 9.59 Å². The molecule has 1 amide bonds. The van der Waals surface area contributed by atoms with Gasteiger partial charge in [0, 0.05) is 10.7 Å². The summed E-state index contributed by atoms with van der Waals surface area (Å²) >= 11 is 3.35. The van der Waals surface area contributed by atoms with Gasteiger partial charge in [-0.25, -0.2) is 9.31 Å². The van der Waals surface area contributed by atoms with Crippen molar-refractivity contribution in [2.45, 2.75) is 25.6 Å². The van der Waals surface area contributed by atoms with E-state index in [4.69, 9.17) is 4.74 Å². The highest BCUT2D eigenvalue weighted by molar-refractivity contribution is 9.10. The zero-order valence-electron chi connectivity index (χ0n) is 12.5. The minimum Gasteiger partial charge on any atom is -0.467 e. The third-order valence-electron chi connectivity index (χ3n) is 3.67.